The number of nitrogens with one attached hydrogen (secondary N) is 2. The monoisotopic (exact) mass is 420 g/mol. The van der Waals surface area contributed by atoms with Crippen LogP contribution in [0, 0.1) is 20.8 Å². The smallest absolute Gasteiger partial charge is 0.251 e. The highest BCUT2D eigenvalue weighted by atomic mass is 79.9. The molecule has 2 aromatic rings. The first-order valence-corrected chi connectivity index (χ1v) is 9.62. The number of amides is 2. The summed E-state index contributed by atoms with van der Waals surface area (Å²) in [5, 5.41) is 5.50. The molecule has 2 N–H and O–H groups in total. The molecular formula is C19H21BrN2O2S. The van der Waals surface area contributed by atoms with Crippen LogP contribution in [-0.4, -0.2) is 24.6 Å². The van der Waals surface area contributed by atoms with Crippen molar-refractivity contribution in [3.8, 4) is 0 Å². The van der Waals surface area contributed by atoms with Crippen LogP contribution in [0.25, 0.3) is 0 Å². The van der Waals surface area contributed by atoms with Gasteiger partial charge in [0.25, 0.3) is 5.91 Å². The molecule has 2 aromatic carbocycles. The topological polar surface area (TPSA) is 58.2 Å². The van der Waals surface area contributed by atoms with Crippen molar-refractivity contribution in [1.29, 1.82) is 0 Å². The van der Waals surface area contributed by atoms with E-state index in [9.17, 15) is 9.59 Å². The normalized spacial score (nSPS) is 10.4. The molecule has 0 aliphatic rings. The van der Waals surface area contributed by atoms with Crippen molar-refractivity contribution in [2.45, 2.75) is 25.7 Å². The Morgan fingerprint density at radius 2 is 1.84 bits per heavy atom. The van der Waals surface area contributed by atoms with Crippen molar-refractivity contribution >= 4 is 45.2 Å². The van der Waals surface area contributed by atoms with E-state index in [-0.39, 0.29) is 11.8 Å². The molecule has 0 saturated carbocycles. The molecule has 0 unspecified atom stereocenters. The fraction of sp³-hybridized carbons (Fsp3) is 0.263. The number of halogens is 1. The summed E-state index contributed by atoms with van der Waals surface area (Å²) >= 11 is 5.02. The first kappa shape index (κ1) is 19.5. The van der Waals surface area contributed by atoms with Crippen molar-refractivity contribution in [2.75, 3.05) is 18.1 Å². The molecule has 2 amide bonds. The van der Waals surface area contributed by atoms with Gasteiger partial charge in [-0.2, -0.15) is 0 Å². The van der Waals surface area contributed by atoms with Crippen molar-refractivity contribution < 1.29 is 9.59 Å². The molecule has 4 nitrogen and oxygen atoms in total. The molecule has 0 heterocycles. The minimum absolute atomic E-state index is 0.0953. The maximum Gasteiger partial charge on any atom is 0.251 e. The number of anilines is 1. The summed E-state index contributed by atoms with van der Waals surface area (Å²) in [6.07, 6.45) is 0. The summed E-state index contributed by atoms with van der Waals surface area (Å²) in [6, 6.07) is 9.45. The molecule has 0 aliphatic heterocycles. The van der Waals surface area contributed by atoms with Crippen LogP contribution < -0.4 is 10.6 Å². The third-order valence-electron chi connectivity index (χ3n) is 3.89. The van der Waals surface area contributed by atoms with Gasteiger partial charge < -0.3 is 10.6 Å². The van der Waals surface area contributed by atoms with Crippen molar-refractivity contribution in [3.63, 3.8) is 0 Å². The Kier molecular flexibility index (Phi) is 6.67. The number of carbonyl (C=O) groups excluding carboxylic acids is 2. The maximum absolute atomic E-state index is 12.3. The third-order valence-corrected chi connectivity index (χ3v) is 5.91. The predicted molar refractivity (Wildman–Crippen MR) is 108 cm³/mol. The lowest BCUT2D eigenvalue weighted by Gasteiger charge is -2.12. The minimum atomic E-state index is -0.163. The molecule has 2 rings (SSSR count). The van der Waals surface area contributed by atoms with Gasteiger partial charge in [-0.15, -0.1) is 11.8 Å². The molecule has 0 radical (unpaired) electrons. The summed E-state index contributed by atoms with van der Waals surface area (Å²) in [7, 11) is 1.59. The highest BCUT2D eigenvalue weighted by Crippen LogP contribution is 2.28. The molecule has 6 heteroatoms. The molecule has 0 fully saturated rings. The van der Waals surface area contributed by atoms with Gasteiger partial charge in [0.05, 0.1) is 5.75 Å². The minimum Gasteiger partial charge on any atom is -0.355 e. The van der Waals surface area contributed by atoms with E-state index in [0.29, 0.717) is 17.0 Å². The Bertz CT molecular complexity index is 821. The number of benzene rings is 2. The van der Waals surface area contributed by atoms with E-state index in [4.69, 9.17) is 0 Å². The number of carbonyl (C=O) groups is 2. The van der Waals surface area contributed by atoms with E-state index >= 15 is 0 Å². The lowest BCUT2D eigenvalue weighted by Crippen LogP contribution is -2.20. The molecule has 0 bridgehead atoms. The van der Waals surface area contributed by atoms with Crippen molar-refractivity contribution in [1.82, 2.24) is 5.32 Å². The Balaban J connectivity index is 2.06. The standard InChI is InChI=1S/C19H21BrN2O2S/c1-11-9-17(12(2)8-15(11)20)25-10-18(23)22-16-7-5-6-14(13(16)3)19(24)21-4/h5-9H,10H2,1-4H3,(H,21,24)(H,22,23). The highest BCUT2D eigenvalue weighted by molar-refractivity contribution is 9.10. The lowest BCUT2D eigenvalue weighted by molar-refractivity contribution is -0.113. The summed E-state index contributed by atoms with van der Waals surface area (Å²) < 4.78 is 1.07. The van der Waals surface area contributed by atoms with E-state index in [1.165, 1.54) is 11.8 Å². The van der Waals surface area contributed by atoms with Gasteiger partial charge in [-0.05, 0) is 61.7 Å². The molecule has 0 aliphatic carbocycles. The van der Waals surface area contributed by atoms with Gasteiger partial charge in [0.1, 0.15) is 0 Å². The predicted octanol–water partition coefficient (Wildman–Crippen LogP) is 4.46. The molecule has 0 aromatic heterocycles. The zero-order valence-electron chi connectivity index (χ0n) is 14.7. The average Bonchev–Trinajstić information content (AvgIpc) is 2.58. The fourth-order valence-electron chi connectivity index (χ4n) is 2.39. The highest BCUT2D eigenvalue weighted by Gasteiger charge is 2.13. The number of rotatable bonds is 5. The summed E-state index contributed by atoms with van der Waals surface area (Å²) in [5.41, 5.74) is 4.26. The second-order valence-electron chi connectivity index (χ2n) is 5.76. The summed E-state index contributed by atoms with van der Waals surface area (Å²) in [6.45, 7) is 5.89. The van der Waals surface area contributed by atoms with Crippen LogP contribution in [0.2, 0.25) is 0 Å². The first-order chi connectivity index (χ1) is 11.8. The largest absolute Gasteiger partial charge is 0.355 e. The zero-order chi connectivity index (χ0) is 18.6. The summed E-state index contributed by atoms with van der Waals surface area (Å²) in [4.78, 5) is 25.2. The Morgan fingerprint density at radius 3 is 2.52 bits per heavy atom. The number of thioether (sulfide) groups is 1. The van der Waals surface area contributed by atoms with E-state index in [1.54, 1.807) is 25.2 Å². The molecule has 0 atom stereocenters. The Morgan fingerprint density at radius 1 is 1.12 bits per heavy atom. The quantitative estimate of drug-likeness (QED) is 0.701. The number of hydrogen-bond donors (Lipinski definition) is 2. The first-order valence-electron chi connectivity index (χ1n) is 7.84. The number of aryl methyl sites for hydroxylation is 2. The van der Waals surface area contributed by atoms with Gasteiger partial charge in [-0.3, -0.25) is 9.59 Å². The molecule has 0 saturated heterocycles. The average molecular weight is 421 g/mol. The van der Waals surface area contributed by atoms with Gasteiger partial charge in [0.2, 0.25) is 5.91 Å². The molecule has 0 spiro atoms. The number of hydrogen-bond acceptors (Lipinski definition) is 3. The SMILES string of the molecule is CNC(=O)c1cccc(NC(=O)CSc2cc(C)c(Br)cc2C)c1C. The van der Waals surface area contributed by atoms with E-state index < -0.39 is 0 Å². The van der Waals surface area contributed by atoms with Crippen LogP contribution in [0.15, 0.2) is 39.7 Å². The lowest BCUT2D eigenvalue weighted by atomic mass is 10.1. The zero-order valence-corrected chi connectivity index (χ0v) is 17.1. The van der Waals surface area contributed by atoms with E-state index in [2.05, 4.69) is 38.7 Å². The van der Waals surface area contributed by atoms with Crippen molar-refractivity contribution in [3.05, 3.63) is 57.1 Å². The third kappa shape index (κ3) is 4.86. The molecule has 132 valence electrons. The van der Waals surface area contributed by atoms with Gasteiger partial charge >= 0.3 is 0 Å². The van der Waals surface area contributed by atoms with Crippen molar-refractivity contribution in [2.24, 2.45) is 0 Å². The van der Waals surface area contributed by atoms with Gasteiger partial charge in [0, 0.05) is 27.7 Å². The fourth-order valence-corrected chi connectivity index (χ4v) is 3.75. The maximum atomic E-state index is 12.3. The van der Waals surface area contributed by atoms with Gasteiger partial charge in [-0.25, -0.2) is 0 Å². The molecular weight excluding hydrogens is 400 g/mol. The van der Waals surface area contributed by atoms with Crippen LogP contribution in [0.1, 0.15) is 27.0 Å². The van der Waals surface area contributed by atoms with Crippen LogP contribution in [-0.2, 0) is 4.79 Å². The van der Waals surface area contributed by atoms with Gasteiger partial charge in [-0.1, -0.05) is 22.0 Å². The van der Waals surface area contributed by atoms with E-state index in [0.717, 1.165) is 26.1 Å². The second-order valence-corrected chi connectivity index (χ2v) is 7.63. The van der Waals surface area contributed by atoms with E-state index in [1.807, 2.05) is 20.8 Å². The second kappa shape index (κ2) is 8.54. The Labute approximate surface area is 160 Å². The van der Waals surface area contributed by atoms with Crippen LogP contribution in [0.3, 0.4) is 0 Å². The Hall–Kier alpha value is -1.79. The van der Waals surface area contributed by atoms with Crippen LogP contribution >= 0.6 is 27.7 Å². The summed E-state index contributed by atoms with van der Waals surface area (Å²) in [5.74, 6) is 0.0528. The van der Waals surface area contributed by atoms with Crippen LogP contribution in [0.5, 0.6) is 0 Å². The van der Waals surface area contributed by atoms with Gasteiger partial charge in [0.15, 0.2) is 0 Å². The van der Waals surface area contributed by atoms with Crippen LogP contribution in [0.4, 0.5) is 5.69 Å². The molecule has 25 heavy (non-hydrogen) atoms.